The molecular formula is C12H24ClN. The van der Waals surface area contributed by atoms with Crippen molar-refractivity contribution in [2.24, 2.45) is 5.92 Å². The van der Waals surface area contributed by atoms with E-state index in [2.05, 4.69) is 18.9 Å². The zero-order chi connectivity index (χ0) is 10.4. The molecular weight excluding hydrogens is 194 g/mol. The third-order valence-electron chi connectivity index (χ3n) is 3.70. The van der Waals surface area contributed by atoms with Crippen molar-refractivity contribution in [3.63, 3.8) is 0 Å². The molecule has 0 amide bonds. The van der Waals surface area contributed by atoms with Gasteiger partial charge in [0.05, 0.1) is 0 Å². The zero-order valence-electron chi connectivity index (χ0n) is 9.64. The highest BCUT2D eigenvalue weighted by molar-refractivity contribution is 6.18. The molecule has 1 aliphatic rings. The number of hydrogen-bond donors (Lipinski definition) is 0. The van der Waals surface area contributed by atoms with Gasteiger partial charge in [-0.05, 0) is 32.2 Å². The highest BCUT2D eigenvalue weighted by atomic mass is 35.5. The van der Waals surface area contributed by atoms with Crippen molar-refractivity contribution in [3.8, 4) is 0 Å². The fourth-order valence-corrected chi connectivity index (χ4v) is 2.79. The van der Waals surface area contributed by atoms with Gasteiger partial charge in [0, 0.05) is 18.5 Å². The first-order valence-corrected chi connectivity index (χ1v) is 6.57. The molecule has 0 aromatic carbocycles. The summed E-state index contributed by atoms with van der Waals surface area (Å²) in [6.07, 6.45) is 8.41. The first kappa shape index (κ1) is 12.3. The summed E-state index contributed by atoms with van der Waals surface area (Å²) in [6, 6.07) is 0.797. The molecule has 1 nitrogen and oxygen atoms in total. The number of halogens is 1. The van der Waals surface area contributed by atoms with Gasteiger partial charge in [-0.25, -0.2) is 0 Å². The fourth-order valence-electron chi connectivity index (χ4n) is 2.52. The summed E-state index contributed by atoms with van der Waals surface area (Å²) in [7, 11) is 2.22. The molecule has 84 valence electrons. The number of hydrogen-bond acceptors (Lipinski definition) is 1. The number of nitrogens with zero attached hydrogens (tertiary/aromatic N) is 1. The van der Waals surface area contributed by atoms with Crippen LogP contribution in [0.1, 0.15) is 45.4 Å². The molecule has 2 atom stereocenters. The molecule has 0 spiro atoms. The quantitative estimate of drug-likeness (QED) is 0.515. The maximum atomic E-state index is 5.77. The predicted molar refractivity (Wildman–Crippen MR) is 64.0 cm³/mol. The van der Waals surface area contributed by atoms with Crippen LogP contribution in [0.4, 0.5) is 0 Å². The summed E-state index contributed by atoms with van der Waals surface area (Å²) >= 11 is 5.77. The predicted octanol–water partition coefficient (Wildman–Crippen LogP) is 3.52. The molecule has 14 heavy (non-hydrogen) atoms. The van der Waals surface area contributed by atoms with Crippen molar-refractivity contribution >= 4 is 11.6 Å². The highest BCUT2D eigenvalue weighted by Crippen LogP contribution is 2.27. The van der Waals surface area contributed by atoms with Crippen LogP contribution in [0.5, 0.6) is 0 Å². The van der Waals surface area contributed by atoms with Crippen LogP contribution >= 0.6 is 11.6 Å². The van der Waals surface area contributed by atoms with Crippen LogP contribution < -0.4 is 0 Å². The van der Waals surface area contributed by atoms with Gasteiger partial charge in [0.1, 0.15) is 0 Å². The Balaban J connectivity index is 2.33. The monoisotopic (exact) mass is 217 g/mol. The lowest BCUT2D eigenvalue weighted by Gasteiger charge is -2.26. The SMILES string of the molecule is CC[C@@H]1CCCC(N(C)CCCl)CC1. The van der Waals surface area contributed by atoms with Gasteiger partial charge < -0.3 is 4.90 Å². The van der Waals surface area contributed by atoms with Crippen molar-refractivity contribution in [3.05, 3.63) is 0 Å². The van der Waals surface area contributed by atoms with Gasteiger partial charge in [-0.2, -0.15) is 0 Å². The van der Waals surface area contributed by atoms with Gasteiger partial charge in [0.25, 0.3) is 0 Å². The molecule has 0 aromatic rings. The maximum absolute atomic E-state index is 5.77. The third kappa shape index (κ3) is 3.78. The highest BCUT2D eigenvalue weighted by Gasteiger charge is 2.20. The summed E-state index contributed by atoms with van der Waals surface area (Å²) in [5.41, 5.74) is 0. The van der Waals surface area contributed by atoms with E-state index in [-0.39, 0.29) is 0 Å². The Morgan fingerprint density at radius 2 is 2.00 bits per heavy atom. The molecule has 0 heterocycles. The average Bonchev–Trinajstić information content (AvgIpc) is 2.42. The average molecular weight is 218 g/mol. The molecule has 0 radical (unpaired) electrons. The largest absolute Gasteiger partial charge is 0.302 e. The standard InChI is InChI=1S/C12H24ClN/c1-3-11-5-4-6-12(8-7-11)14(2)10-9-13/h11-12H,3-10H2,1-2H3/t11-,12?/m1/s1. The molecule has 0 N–H and O–H groups in total. The molecule has 0 aliphatic heterocycles. The third-order valence-corrected chi connectivity index (χ3v) is 3.86. The van der Waals surface area contributed by atoms with Crippen LogP contribution in [0, 0.1) is 5.92 Å². The summed E-state index contributed by atoms with van der Waals surface area (Å²) in [5, 5.41) is 0. The normalized spacial score (nSPS) is 29.1. The minimum atomic E-state index is 0.768. The van der Waals surface area contributed by atoms with E-state index in [1.165, 1.54) is 38.5 Å². The maximum Gasteiger partial charge on any atom is 0.0351 e. The van der Waals surface area contributed by atoms with E-state index in [1.807, 2.05) is 0 Å². The first-order chi connectivity index (χ1) is 6.77. The van der Waals surface area contributed by atoms with Crippen molar-refractivity contribution < 1.29 is 0 Å². The Bertz CT molecular complexity index is 149. The molecule has 0 aromatic heterocycles. The second kappa shape index (κ2) is 6.68. The van der Waals surface area contributed by atoms with E-state index < -0.39 is 0 Å². The molecule has 1 saturated carbocycles. The summed E-state index contributed by atoms with van der Waals surface area (Å²) in [4.78, 5) is 2.45. The Kier molecular flexibility index (Phi) is 5.88. The van der Waals surface area contributed by atoms with Crippen LogP contribution in [0.2, 0.25) is 0 Å². The lowest BCUT2D eigenvalue weighted by Crippen LogP contribution is -2.32. The van der Waals surface area contributed by atoms with Crippen molar-refractivity contribution in [2.45, 2.75) is 51.5 Å². The molecule has 1 fully saturated rings. The van der Waals surface area contributed by atoms with Crippen LogP contribution in [0.15, 0.2) is 0 Å². The summed E-state index contributed by atoms with van der Waals surface area (Å²) < 4.78 is 0. The molecule has 0 saturated heterocycles. The topological polar surface area (TPSA) is 3.24 Å². The van der Waals surface area contributed by atoms with Gasteiger partial charge in [0.15, 0.2) is 0 Å². The van der Waals surface area contributed by atoms with Crippen LogP contribution in [-0.4, -0.2) is 30.4 Å². The Morgan fingerprint density at radius 3 is 2.64 bits per heavy atom. The fraction of sp³-hybridized carbons (Fsp3) is 1.00. The van der Waals surface area contributed by atoms with E-state index in [1.54, 1.807) is 0 Å². The molecule has 1 aliphatic carbocycles. The Morgan fingerprint density at radius 1 is 1.21 bits per heavy atom. The van der Waals surface area contributed by atoms with Gasteiger partial charge >= 0.3 is 0 Å². The molecule has 1 rings (SSSR count). The van der Waals surface area contributed by atoms with Gasteiger partial charge in [-0.15, -0.1) is 11.6 Å². The van der Waals surface area contributed by atoms with Crippen LogP contribution in [-0.2, 0) is 0 Å². The minimum Gasteiger partial charge on any atom is -0.302 e. The summed E-state index contributed by atoms with van der Waals surface area (Å²) in [5.74, 6) is 1.76. The van der Waals surface area contributed by atoms with E-state index in [0.717, 1.165) is 24.4 Å². The second-order valence-electron chi connectivity index (χ2n) is 4.61. The van der Waals surface area contributed by atoms with E-state index in [4.69, 9.17) is 11.6 Å². The van der Waals surface area contributed by atoms with Crippen molar-refractivity contribution in [1.29, 1.82) is 0 Å². The smallest absolute Gasteiger partial charge is 0.0351 e. The number of alkyl halides is 1. The van der Waals surface area contributed by atoms with E-state index in [9.17, 15) is 0 Å². The minimum absolute atomic E-state index is 0.768. The van der Waals surface area contributed by atoms with Gasteiger partial charge in [-0.1, -0.05) is 26.2 Å². The molecule has 0 bridgehead atoms. The van der Waals surface area contributed by atoms with E-state index in [0.29, 0.717) is 0 Å². The van der Waals surface area contributed by atoms with Crippen LogP contribution in [0.3, 0.4) is 0 Å². The Labute approximate surface area is 93.8 Å². The lowest BCUT2D eigenvalue weighted by atomic mass is 9.97. The second-order valence-corrected chi connectivity index (χ2v) is 4.98. The Hall–Kier alpha value is 0.250. The van der Waals surface area contributed by atoms with Gasteiger partial charge in [0.2, 0.25) is 0 Å². The van der Waals surface area contributed by atoms with Crippen molar-refractivity contribution in [1.82, 2.24) is 4.90 Å². The molecule has 1 unspecified atom stereocenters. The first-order valence-electron chi connectivity index (χ1n) is 6.04. The lowest BCUT2D eigenvalue weighted by molar-refractivity contribution is 0.231. The summed E-state index contributed by atoms with van der Waals surface area (Å²) in [6.45, 7) is 3.37. The van der Waals surface area contributed by atoms with Gasteiger partial charge in [-0.3, -0.25) is 0 Å². The van der Waals surface area contributed by atoms with Crippen molar-refractivity contribution in [2.75, 3.05) is 19.5 Å². The van der Waals surface area contributed by atoms with Crippen LogP contribution in [0.25, 0.3) is 0 Å². The van der Waals surface area contributed by atoms with E-state index >= 15 is 0 Å². The zero-order valence-corrected chi connectivity index (χ0v) is 10.4. The number of rotatable bonds is 4. The molecule has 2 heteroatoms.